The molecule has 0 spiro atoms. The second-order valence-corrected chi connectivity index (χ2v) is 15.1. The van der Waals surface area contributed by atoms with Crippen molar-refractivity contribution < 1.29 is 29.7 Å². The molecule has 0 aromatic rings. The van der Waals surface area contributed by atoms with E-state index in [9.17, 15) is 29.7 Å². The van der Waals surface area contributed by atoms with Gasteiger partial charge in [-0.3, -0.25) is 14.4 Å². The molecule has 0 radical (unpaired) electrons. The van der Waals surface area contributed by atoms with Crippen LogP contribution >= 0.6 is 0 Å². The van der Waals surface area contributed by atoms with Gasteiger partial charge in [-0.1, -0.05) is 47.1 Å². The highest BCUT2D eigenvalue weighted by Crippen LogP contribution is 2.45. The van der Waals surface area contributed by atoms with Crippen LogP contribution in [-0.2, 0) is 14.4 Å². The first kappa shape index (κ1) is 33.4. The van der Waals surface area contributed by atoms with Gasteiger partial charge in [0.1, 0.15) is 0 Å². The minimum absolute atomic E-state index is 0.0111. The number of rotatable bonds is 8. The predicted molar refractivity (Wildman–Crippen MR) is 168 cm³/mol. The lowest BCUT2D eigenvalue weighted by Gasteiger charge is -2.35. The van der Waals surface area contributed by atoms with Gasteiger partial charge in [-0.25, -0.2) is 0 Å². The maximum atomic E-state index is 12.8. The molecule has 5 aliphatic rings. The van der Waals surface area contributed by atoms with Crippen LogP contribution in [0.15, 0.2) is 12.7 Å². The highest BCUT2D eigenvalue weighted by atomic mass is 16.4. The fraction of sp³-hybridized carbons (Fsp3) is 0.853. The van der Waals surface area contributed by atoms with E-state index in [2.05, 4.69) is 61.6 Å². The van der Waals surface area contributed by atoms with Crippen LogP contribution in [0.2, 0.25) is 0 Å². The zero-order chi connectivity index (χ0) is 32.0. The largest absolute Gasteiger partial charge is 0.481 e. The summed E-state index contributed by atoms with van der Waals surface area (Å²) < 4.78 is 0. The van der Waals surface area contributed by atoms with Crippen LogP contribution in [0.3, 0.4) is 0 Å². The van der Waals surface area contributed by atoms with Gasteiger partial charge in [-0.2, -0.15) is 0 Å². The van der Waals surface area contributed by atoms with Gasteiger partial charge in [-0.15, -0.1) is 6.58 Å². The van der Waals surface area contributed by atoms with Gasteiger partial charge >= 0.3 is 17.9 Å². The van der Waals surface area contributed by atoms with Crippen molar-refractivity contribution in [2.45, 2.75) is 128 Å². The molecular formula is C34H56N4O6. The average Bonchev–Trinajstić information content (AvgIpc) is 3.68. The number of carboxylic acids is 3. The number of nitrogens with one attached hydrogen (secondary N) is 4. The summed E-state index contributed by atoms with van der Waals surface area (Å²) in [6.45, 7) is 15.4. The van der Waals surface area contributed by atoms with E-state index in [-0.39, 0.29) is 66.8 Å². The summed E-state index contributed by atoms with van der Waals surface area (Å²) in [5.74, 6) is -2.12. The Bertz CT molecular complexity index is 1090. The molecule has 5 aliphatic heterocycles. The first-order valence-electron chi connectivity index (χ1n) is 17.2. The predicted octanol–water partition coefficient (Wildman–Crippen LogP) is 3.18. The summed E-state index contributed by atoms with van der Waals surface area (Å²) >= 11 is 0. The first-order valence-corrected chi connectivity index (χ1v) is 17.2. The zero-order valence-electron chi connectivity index (χ0n) is 27.1. The molecule has 5 saturated heterocycles. The molecule has 44 heavy (non-hydrogen) atoms. The lowest BCUT2D eigenvalue weighted by atomic mass is 9.75. The van der Waals surface area contributed by atoms with Crippen molar-refractivity contribution in [3.63, 3.8) is 0 Å². The summed E-state index contributed by atoms with van der Waals surface area (Å²) in [4.78, 5) is 36.8. The minimum Gasteiger partial charge on any atom is -0.481 e. The molecule has 0 aromatic heterocycles. The highest BCUT2D eigenvalue weighted by molar-refractivity contribution is 5.73. The third-order valence-corrected chi connectivity index (χ3v) is 13.1. The molecule has 248 valence electrons. The number of aliphatic carboxylic acids is 3. The molecule has 16 unspecified atom stereocenters. The van der Waals surface area contributed by atoms with Crippen LogP contribution in [0.25, 0.3) is 0 Å². The van der Waals surface area contributed by atoms with E-state index in [1.165, 1.54) is 0 Å². The number of carboxylic acid groups (broad SMARTS) is 3. The molecule has 17 atom stereocenters. The maximum Gasteiger partial charge on any atom is 0.308 e. The first-order chi connectivity index (χ1) is 20.9. The lowest BCUT2D eigenvalue weighted by Crippen LogP contribution is -2.52. The standard InChI is InChI=1S/C34H56N4O6/c1-7-20-15(3)23-13-27-21(8-2)16(4)31(37-27)18(6)32-19(9-10-28(39)40)11-25(38-32)22(12-29(41)42)33-30(34(43)44)17(5)24(36-33)14-26(20)35-23/h8,15-27,30-33,35-38H,2,7,9-14H2,1,3-6H3,(H,39,40)(H,41,42)(H,43,44)/t15?,16?,17?,18?,19-,20?,21?,22?,23?,24?,25?,26?,27?,30?,31?,32?,33?/m1/s1. The third-order valence-electron chi connectivity index (χ3n) is 13.1. The number of fused-ring (bicyclic) bond motifs is 8. The Morgan fingerprint density at radius 3 is 1.93 bits per heavy atom. The van der Waals surface area contributed by atoms with Gasteiger partial charge < -0.3 is 36.6 Å². The van der Waals surface area contributed by atoms with Crippen molar-refractivity contribution in [3.8, 4) is 0 Å². The van der Waals surface area contributed by atoms with Crippen molar-refractivity contribution in [1.82, 2.24) is 21.3 Å². The van der Waals surface area contributed by atoms with E-state index in [1.807, 2.05) is 6.92 Å². The Labute approximate surface area is 262 Å². The molecule has 5 heterocycles. The molecule has 10 heteroatoms. The molecule has 8 bridgehead atoms. The summed E-state index contributed by atoms with van der Waals surface area (Å²) in [6, 6.07) is 0.277. The topological polar surface area (TPSA) is 160 Å². The van der Waals surface area contributed by atoms with Gasteiger partial charge in [0.15, 0.2) is 0 Å². The Kier molecular flexibility index (Phi) is 10.1. The van der Waals surface area contributed by atoms with Crippen LogP contribution < -0.4 is 21.3 Å². The molecule has 0 saturated carbocycles. The zero-order valence-corrected chi connectivity index (χ0v) is 27.1. The smallest absolute Gasteiger partial charge is 0.308 e. The van der Waals surface area contributed by atoms with E-state index in [1.54, 1.807) is 0 Å². The number of hydrogen-bond acceptors (Lipinski definition) is 7. The van der Waals surface area contributed by atoms with Crippen molar-refractivity contribution in [2.75, 3.05) is 0 Å². The van der Waals surface area contributed by atoms with Crippen LogP contribution in [-0.4, -0.2) is 81.6 Å². The molecular weight excluding hydrogens is 560 g/mol. The van der Waals surface area contributed by atoms with Crippen LogP contribution in [0.5, 0.6) is 0 Å². The average molecular weight is 617 g/mol. The van der Waals surface area contributed by atoms with E-state index >= 15 is 0 Å². The maximum absolute atomic E-state index is 12.8. The van der Waals surface area contributed by atoms with Gasteiger partial charge in [0.2, 0.25) is 0 Å². The second kappa shape index (κ2) is 13.4. The lowest BCUT2D eigenvalue weighted by molar-refractivity contribution is -0.145. The molecule has 5 fully saturated rings. The SMILES string of the molecule is C=CC1C2CC3NC(CC4NC(C(CC(=O)O)C5C[C@@H](CCC(=O)O)C(N5)C(C)C(N2)C1C)C(C(=O)O)C4C)C(CC)C3C. The Hall–Kier alpha value is -2.01. The molecule has 10 nitrogen and oxygen atoms in total. The van der Waals surface area contributed by atoms with Gasteiger partial charge in [0.05, 0.1) is 12.3 Å². The molecule has 7 N–H and O–H groups in total. The molecule has 0 amide bonds. The summed E-state index contributed by atoms with van der Waals surface area (Å²) in [6.07, 6.45) is 6.03. The molecule has 5 rings (SSSR count). The summed E-state index contributed by atoms with van der Waals surface area (Å²) in [5, 5.41) is 45.8. The normalized spacial score (nSPS) is 48.7. The Morgan fingerprint density at radius 1 is 0.705 bits per heavy atom. The van der Waals surface area contributed by atoms with Crippen molar-refractivity contribution >= 4 is 17.9 Å². The van der Waals surface area contributed by atoms with Gasteiger partial charge in [-0.05, 0) is 67.1 Å². The monoisotopic (exact) mass is 616 g/mol. The van der Waals surface area contributed by atoms with Crippen molar-refractivity contribution in [3.05, 3.63) is 12.7 Å². The summed E-state index contributed by atoms with van der Waals surface area (Å²) in [7, 11) is 0. The quantitative estimate of drug-likeness (QED) is 0.202. The van der Waals surface area contributed by atoms with E-state index in [0.717, 1.165) is 19.3 Å². The van der Waals surface area contributed by atoms with E-state index in [4.69, 9.17) is 0 Å². The second-order valence-electron chi connectivity index (χ2n) is 15.1. The minimum atomic E-state index is -0.935. The molecule has 0 aliphatic carbocycles. The summed E-state index contributed by atoms with van der Waals surface area (Å²) in [5.41, 5.74) is 0. The highest BCUT2D eigenvalue weighted by Gasteiger charge is 2.55. The van der Waals surface area contributed by atoms with E-state index < -0.39 is 35.8 Å². The Balaban J connectivity index is 1.56. The number of hydrogen-bond donors (Lipinski definition) is 7. The fourth-order valence-corrected chi connectivity index (χ4v) is 10.8. The van der Waals surface area contributed by atoms with Crippen LogP contribution in [0.1, 0.15) is 79.6 Å². The number of carbonyl (C=O) groups is 3. The van der Waals surface area contributed by atoms with E-state index in [0.29, 0.717) is 42.6 Å². The van der Waals surface area contributed by atoms with Crippen LogP contribution in [0.4, 0.5) is 0 Å². The fourth-order valence-electron chi connectivity index (χ4n) is 10.8. The van der Waals surface area contributed by atoms with Crippen molar-refractivity contribution in [2.24, 2.45) is 53.3 Å². The van der Waals surface area contributed by atoms with Gasteiger partial charge in [0, 0.05) is 60.7 Å². The van der Waals surface area contributed by atoms with Crippen molar-refractivity contribution in [1.29, 1.82) is 0 Å². The van der Waals surface area contributed by atoms with Crippen LogP contribution in [0, 0.1) is 53.3 Å². The Morgan fingerprint density at radius 2 is 1.32 bits per heavy atom. The third kappa shape index (κ3) is 6.20. The van der Waals surface area contributed by atoms with Gasteiger partial charge in [0.25, 0.3) is 0 Å². The molecule has 0 aromatic carbocycles.